The van der Waals surface area contributed by atoms with Crippen LogP contribution in [0.4, 0.5) is 0 Å². The summed E-state index contributed by atoms with van der Waals surface area (Å²) in [6.45, 7) is 0.825. The molecule has 124 valence electrons. The normalized spacial score (nSPS) is 48.4. The number of rotatable bonds is 2. The maximum atomic E-state index is 12.4. The van der Waals surface area contributed by atoms with Gasteiger partial charge in [-0.1, -0.05) is 0 Å². The van der Waals surface area contributed by atoms with E-state index in [9.17, 15) is 19.5 Å². The van der Waals surface area contributed by atoms with Gasteiger partial charge in [-0.3, -0.25) is 14.4 Å². The Morgan fingerprint density at radius 1 is 1.13 bits per heavy atom. The molecule has 23 heavy (non-hydrogen) atoms. The standard InChI is InChI=1S/C16H20N2O5/c19-13(17-12-10-1-8(10)9-2-11(9)12)14(20)18-3-7-4-23-6-16(7,5-18)15(21)22/h7-12H,1-6H2,(H,17,19)(H,21,22)/t7-,8-,9-,10-,11-,16-/m1/s1. The van der Waals surface area contributed by atoms with Crippen molar-refractivity contribution < 1.29 is 24.2 Å². The second-order valence-electron chi connectivity index (χ2n) is 7.99. The molecule has 0 spiro atoms. The zero-order chi connectivity index (χ0) is 15.9. The van der Waals surface area contributed by atoms with E-state index < -0.39 is 23.2 Å². The van der Waals surface area contributed by atoms with Gasteiger partial charge in [0.15, 0.2) is 0 Å². The number of fused-ring (bicyclic) bond motifs is 4. The van der Waals surface area contributed by atoms with Gasteiger partial charge in [-0.15, -0.1) is 0 Å². The van der Waals surface area contributed by atoms with Crippen LogP contribution in [0.2, 0.25) is 0 Å². The molecule has 5 aliphatic rings. The number of nitrogens with one attached hydrogen (secondary N) is 1. The molecule has 5 fully saturated rings. The SMILES string of the molecule is O=C(NC1[C@@H]2C[C@@H]2[C@H]2C[C@@H]12)C(=O)N1C[C@@H]2COC[C@]2(C(=O)O)C1. The number of amides is 2. The lowest BCUT2D eigenvalue weighted by molar-refractivity contribution is -0.151. The Morgan fingerprint density at radius 3 is 2.43 bits per heavy atom. The van der Waals surface area contributed by atoms with Crippen LogP contribution >= 0.6 is 0 Å². The fourth-order valence-electron chi connectivity index (χ4n) is 5.36. The van der Waals surface area contributed by atoms with Gasteiger partial charge in [-0.25, -0.2) is 0 Å². The highest BCUT2D eigenvalue weighted by molar-refractivity contribution is 6.35. The van der Waals surface area contributed by atoms with Gasteiger partial charge in [0.2, 0.25) is 0 Å². The van der Waals surface area contributed by atoms with E-state index in [-0.39, 0.29) is 25.1 Å². The van der Waals surface area contributed by atoms with E-state index >= 15 is 0 Å². The molecule has 2 N–H and O–H groups in total. The van der Waals surface area contributed by atoms with Gasteiger partial charge >= 0.3 is 17.8 Å². The zero-order valence-corrected chi connectivity index (χ0v) is 12.7. The van der Waals surface area contributed by atoms with Crippen LogP contribution < -0.4 is 5.32 Å². The van der Waals surface area contributed by atoms with Gasteiger partial charge in [0.25, 0.3) is 0 Å². The summed E-state index contributed by atoms with van der Waals surface area (Å²) >= 11 is 0. The summed E-state index contributed by atoms with van der Waals surface area (Å²) in [7, 11) is 0. The molecule has 0 aromatic rings. The molecule has 0 aromatic carbocycles. The highest BCUT2D eigenvalue weighted by Crippen LogP contribution is 2.69. The van der Waals surface area contributed by atoms with Crippen LogP contribution in [-0.2, 0) is 19.1 Å². The Morgan fingerprint density at radius 2 is 1.83 bits per heavy atom. The molecular weight excluding hydrogens is 300 g/mol. The third kappa shape index (κ3) is 1.77. The Balaban J connectivity index is 1.26. The molecule has 5 rings (SSSR count). The monoisotopic (exact) mass is 320 g/mol. The minimum Gasteiger partial charge on any atom is -0.481 e. The summed E-state index contributed by atoms with van der Waals surface area (Å²) < 4.78 is 5.29. The van der Waals surface area contributed by atoms with Crippen molar-refractivity contribution in [3.63, 3.8) is 0 Å². The number of carbonyl (C=O) groups excluding carboxylic acids is 2. The van der Waals surface area contributed by atoms with E-state index in [2.05, 4.69) is 5.32 Å². The summed E-state index contributed by atoms with van der Waals surface area (Å²) in [5.41, 5.74) is -1.04. The van der Waals surface area contributed by atoms with E-state index in [1.54, 1.807) is 0 Å². The predicted octanol–water partition coefficient (Wildman–Crippen LogP) is -0.683. The molecule has 7 heteroatoms. The molecule has 2 saturated heterocycles. The van der Waals surface area contributed by atoms with Crippen LogP contribution in [0.1, 0.15) is 12.8 Å². The molecular formula is C16H20N2O5. The second-order valence-corrected chi connectivity index (χ2v) is 7.99. The van der Waals surface area contributed by atoms with Crippen molar-refractivity contribution in [3.8, 4) is 0 Å². The van der Waals surface area contributed by atoms with E-state index in [1.807, 2.05) is 0 Å². The van der Waals surface area contributed by atoms with Crippen LogP contribution in [0, 0.1) is 35.0 Å². The Kier molecular flexibility index (Phi) is 2.55. The fraction of sp³-hybridized carbons (Fsp3) is 0.812. The van der Waals surface area contributed by atoms with Crippen molar-refractivity contribution in [1.82, 2.24) is 10.2 Å². The first kappa shape index (κ1) is 13.8. The molecule has 3 aliphatic carbocycles. The van der Waals surface area contributed by atoms with Crippen molar-refractivity contribution >= 4 is 17.8 Å². The van der Waals surface area contributed by atoms with Crippen molar-refractivity contribution in [2.24, 2.45) is 35.0 Å². The second kappa shape index (κ2) is 4.26. The summed E-state index contributed by atoms with van der Waals surface area (Å²) in [5.74, 6) is 0.408. The van der Waals surface area contributed by atoms with E-state index in [0.717, 1.165) is 11.8 Å². The number of aliphatic carboxylic acids is 1. The van der Waals surface area contributed by atoms with Gasteiger partial charge in [-0.2, -0.15) is 0 Å². The molecule has 7 nitrogen and oxygen atoms in total. The van der Waals surface area contributed by atoms with Gasteiger partial charge in [0, 0.05) is 25.0 Å². The van der Waals surface area contributed by atoms with Crippen LogP contribution in [0.15, 0.2) is 0 Å². The number of likely N-dealkylation sites (tertiary alicyclic amines) is 1. The highest BCUT2D eigenvalue weighted by atomic mass is 16.5. The summed E-state index contributed by atoms with van der Waals surface area (Å²) in [4.78, 5) is 37.8. The Bertz CT molecular complexity index is 606. The first-order valence-corrected chi connectivity index (χ1v) is 8.42. The lowest BCUT2D eigenvalue weighted by Gasteiger charge is -2.22. The maximum Gasteiger partial charge on any atom is 0.314 e. The van der Waals surface area contributed by atoms with Gasteiger partial charge in [0.1, 0.15) is 5.41 Å². The third-order valence-corrected chi connectivity index (χ3v) is 6.83. The lowest BCUT2D eigenvalue weighted by atomic mass is 9.81. The highest BCUT2D eigenvalue weighted by Gasteiger charge is 2.67. The predicted molar refractivity (Wildman–Crippen MR) is 76.1 cm³/mol. The number of hydrogen-bond donors (Lipinski definition) is 2. The van der Waals surface area contributed by atoms with E-state index in [1.165, 1.54) is 17.7 Å². The fourth-order valence-corrected chi connectivity index (χ4v) is 5.36. The van der Waals surface area contributed by atoms with Crippen LogP contribution in [0.25, 0.3) is 0 Å². The van der Waals surface area contributed by atoms with Gasteiger partial charge < -0.3 is 20.1 Å². The van der Waals surface area contributed by atoms with Crippen LogP contribution in [0.3, 0.4) is 0 Å². The number of hydrogen-bond acceptors (Lipinski definition) is 4. The van der Waals surface area contributed by atoms with Crippen LogP contribution in [0.5, 0.6) is 0 Å². The molecule has 3 saturated carbocycles. The van der Waals surface area contributed by atoms with Crippen molar-refractivity contribution in [2.45, 2.75) is 18.9 Å². The Labute approximate surface area is 133 Å². The van der Waals surface area contributed by atoms with Crippen LogP contribution in [-0.4, -0.2) is 60.1 Å². The summed E-state index contributed by atoms with van der Waals surface area (Å²) in [6.07, 6.45) is 2.37. The topological polar surface area (TPSA) is 95.9 Å². The number of nitrogens with zero attached hydrogens (tertiary/aromatic N) is 1. The number of ether oxygens (including phenoxy) is 1. The zero-order valence-electron chi connectivity index (χ0n) is 12.7. The molecule has 0 radical (unpaired) electrons. The molecule has 0 aromatic heterocycles. The van der Waals surface area contributed by atoms with Gasteiger partial charge in [0.05, 0.1) is 13.2 Å². The summed E-state index contributed by atoms with van der Waals surface area (Å²) in [5, 5.41) is 12.4. The molecule has 2 aliphatic heterocycles. The number of carbonyl (C=O) groups is 3. The van der Waals surface area contributed by atoms with E-state index in [4.69, 9.17) is 4.74 Å². The average molecular weight is 320 g/mol. The number of carboxylic acid groups (broad SMARTS) is 1. The third-order valence-electron chi connectivity index (χ3n) is 6.83. The smallest absolute Gasteiger partial charge is 0.314 e. The molecule has 2 heterocycles. The quantitative estimate of drug-likeness (QED) is 0.657. The van der Waals surface area contributed by atoms with Crippen molar-refractivity contribution in [1.29, 1.82) is 0 Å². The number of carboxylic acids is 1. The molecule has 0 unspecified atom stereocenters. The largest absolute Gasteiger partial charge is 0.481 e. The van der Waals surface area contributed by atoms with Crippen molar-refractivity contribution in [3.05, 3.63) is 0 Å². The maximum absolute atomic E-state index is 12.4. The lowest BCUT2D eigenvalue weighted by Crippen LogP contribution is -2.48. The average Bonchev–Trinajstić information content (AvgIpc) is 3.35. The minimum absolute atomic E-state index is 0.0715. The van der Waals surface area contributed by atoms with Gasteiger partial charge in [-0.05, 0) is 36.5 Å². The first-order chi connectivity index (χ1) is 11.0. The van der Waals surface area contributed by atoms with Crippen molar-refractivity contribution in [2.75, 3.05) is 26.3 Å². The molecule has 2 amide bonds. The first-order valence-electron chi connectivity index (χ1n) is 8.42. The molecule has 6 atom stereocenters. The molecule has 0 bridgehead atoms. The summed E-state index contributed by atoms with van der Waals surface area (Å²) in [6, 6.07) is 0.167. The van der Waals surface area contributed by atoms with E-state index in [0.29, 0.717) is 25.0 Å². The Hall–Kier alpha value is -1.63. The minimum atomic E-state index is -1.04.